The monoisotopic (exact) mass is 306 g/mol. The number of piperazine rings is 1. The molecule has 0 radical (unpaired) electrons. The van der Waals surface area contributed by atoms with Crippen molar-refractivity contribution in [1.29, 1.82) is 0 Å². The number of carbonyl (C=O) groups excluding carboxylic acids is 1. The molecule has 0 spiro atoms. The Morgan fingerprint density at radius 2 is 2.00 bits per heavy atom. The second kappa shape index (κ2) is 6.82. The smallest absolute Gasteiger partial charge is 0.272 e. The van der Waals surface area contributed by atoms with Gasteiger partial charge < -0.3 is 4.90 Å². The highest BCUT2D eigenvalue weighted by molar-refractivity contribution is 5.92. The summed E-state index contributed by atoms with van der Waals surface area (Å²) in [6, 6.07) is 2.90. The summed E-state index contributed by atoms with van der Waals surface area (Å²) in [7, 11) is 0. The molecule has 5 heteroatoms. The van der Waals surface area contributed by atoms with Crippen LogP contribution in [-0.2, 0) is 6.54 Å². The Bertz CT molecular complexity index is 521. The average Bonchev–Trinajstić information content (AvgIpc) is 2.90. The van der Waals surface area contributed by atoms with Crippen molar-refractivity contribution in [3.8, 4) is 0 Å². The largest absolute Gasteiger partial charge is 0.334 e. The van der Waals surface area contributed by atoms with E-state index in [0.717, 1.165) is 37.6 Å². The van der Waals surface area contributed by atoms with E-state index >= 15 is 0 Å². The highest BCUT2D eigenvalue weighted by Gasteiger charge is 2.30. The maximum absolute atomic E-state index is 12.9. The molecule has 1 aromatic rings. The summed E-state index contributed by atoms with van der Waals surface area (Å²) in [4.78, 5) is 17.3. The number of aromatic nitrogens is 2. The zero-order valence-electron chi connectivity index (χ0n) is 14.8. The van der Waals surface area contributed by atoms with Crippen LogP contribution in [0.25, 0.3) is 0 Å². The second-order valence-electron chi connectivity index (χ2n) is 6.86. The Balaban J connectivity index is 2.15. The molecule has 1 aromatic heterocycles. The molecule has 0 bridgehead atoms. The van der Waals surface area contributed by atoms with Crippen molar-refractivity contribution in [2.24, 2.45) is 0 Å². The first kappa shape index (κ1) is 17.0. The first-order chi connectivity index (χ1) is 10.3. The first-order valence-electron chi connectivity index (χ1n) is 8.47. The molecule has 1 aliphatic heterocycles. The Hall–Kier alpha value is -1.36. The van der Waals surface area contributed by atoms with E-state index in [4.69, 9.17) is 0 Å². The molecule has 2 rings (SSSR count). The summed E-state index contributed by atoms with van der Waals surface area (Å²) in [6.07, 6.45) is 0. The van der Waals surface area contributed by atoms with E-state index in [0.29, 0.717) is 18.0 Å². The van der Waals surface area contributed by atoms with Gasteiger partial charge >= 0.3 is 0 Å². The molecule has 0 N–H and O–H groups in total. The molecule has 1 aliphatic rings. The van der Waals surface area contributed by atoms with Crippen molar-refractivity contribution in [2.45, 2.75) is 66.1 Å². The molecular formula is C17H30N4O. The summed E-state index contributed by atoms with van der Waals surface area (Å²) >= 11 is 0. The van der Waals surface area contributed by atoms with Gasteiger partial charge in [0, 0.05) is 38.3 Å². The fourth-order valence-electron chi connectivity index (χ4n) is 3.22. The summed E-state index contributed by atoms with van der Waals surface area (Å²) in [6.45, 7) is 16.2. The van der Waals surface area contributed by atoms with E-state index in [1.165, 1.54) is 0 Å². The van der Waals surface area contributed by atoms with E-state index in [-0.39, 0.29) is 5.91 Å². The fraction of sp³-hybridized carbons (Fsp3) is 0.765. The van der Waals surface area contributed by atoms with Crippen LogP contribution in [0.3, 0.4) is 0 Å². The van der Waals surface area contributed by atoms with Gasteiger partial charge in [-0.3, -0.25) is 14.4 Å². The predicted molar refractivity (Wildman–Crippen MR) is 89.2 cm³/mol. The van der Waals surface area contributed by atoms with Gasteiger partial charge in [0.2, 0.25) is 0 Å². The Morgan fingerprint density at radius 1 is 1.32 bits per heavy atom. The van der Waals surface area contributed by atoms with Crippen molar-refractivity contribution >= 4 is 5.91 Å². The Kier molecular flexibility index (Phi) is 5.27. The molecule has 0 aromatic carbocycles. The second-order valence-corrected chi connectivity index (χ2v) is 6.86. The third-order valence-electron chi connectivity index (χ3n) is 4.54. The van der Waals surface area contributed by atoms with Crippen LogP contribution in [0.5, 0.6) is 0 Å². The summed E-state index contributed by atoms with van der Waals surface area (Å²) in [5.41, 5.74) is 1.73. The highest BCUT2D eigenvalue weighted by atomic mass is 16.2. The number of amides is 1. The van der Waals surface area contributed by atoms with Crippen LogP contribution in [0.2, 0.25) is 0 Å². The lowest BCUT2D eigenvalue weighted by molar-refractivity contribution is 0.0417. The van der Waals surface area contributed by atoms with E-state index < -0.39 is 0 Å². The zero-order valence-corrected chi connectivity index (χ0v) is 14.8. The maximum atomic E-state index is 12.9. The number of nitrogens with zero attached hydrogens (tertiary/aromatic N) is 4. The lowest BCUT2D eigenvalue weighted by Crippen LogP contribution is -2.55. The summed E-state index contributed by atoms with van der Waals surface area (Å²) in [5, 5.41) is 4.57. The average molecular weight is 306 g/mol. The van der Waals surface area contributed by atoms with E-state index in [2.05, 4.69) is 44.6 Å². The van der Waals surface area contributed by atoms with Crippen LogP contribution in [-0.4, -0.2) is 57.2 Å². The topological polar surface area (TPSA) is 41.4 Å². The van der Waals surface area contributed by atoms with Crippen molar-refractivity contribution in [3.63, 3.8) is 0 Å². The number of carbonyl (C=O) groups is 1. The SMILES string of the molecule is CCn1nc(C(C)C)cc1C(=O)N1CCN(C(C)C)[C@@H](C)C1. The van der Waals surface area contributed by atoms with Gasteiger partial charge in [0.25, 0.3) is 5.91 Å². The minimum absolute atomic E-state index is 0.122. The van der Waals surface area contributed by atoms with Crippen molar-refractivity contribution in [2.75, 3.05) is 19.6 Å². The normalized spacial score (nSPS) is 20.2. The molecule has 5 nitrogen and oxygen atoms in total. The molecule has 2 heterocycles. The molecule has 0 saturated carbocycles. The number of hydrogen-bond donors (Lipinski definition) is 0. The molecular weight excluding hydrogens is 276 g/mol. The number of hydrogen-bond acceptors (Lipinski definition) is 3. The molecule has 1 atom stereocenters. The van der Waals surface area contributed by atoms with Crippen LogP contribution in [0, 0.1) is 0 Å². The maximum Gasteiger partial charge on any atom is 0.272 e. The standard InChI is InChI=1S/C17H30N4O/c1-7-21-16(10-15(18-21)12(2)3)17(22)19-8-9-20(13(4)5)14(6)11-19/h10,12-14H,7-9,11H2,1-6H3/t14-/m0/s1. The van der Waals surface area contributed by atoms with Gasteiger partial charge in [0.05, 0.1) is 5.69 Å². The first-order valence-corrected chi connectivity index (χ1v) is 8.47. The highest BCUT2D eigenvalue weighted by Crippen LogP contribution is 2.19. The molecule has 1 amide bonds. The van der Waals surface area contributed by atoms with Crippen LogP contribution in [0.15, 0.2) is 6.07 Å². The minimum atomic E-state index is 0.122. The van der Waals surface area contributed by atoms with Gasteiger partial charge in [-0.2, -0.15) is 5.10 Å². The third kappa shape index (κ3) is 3.35. The van der Waals surface area contributed by atoms with Crippen LogP contribution < -0.4 is 0 Å². The molecule has 0 unspecified atom stereocenters. The third-order valence-corrected chi connectivity index (χ3v) is 4.54. The van der Waals surface area contributed by atoms with Crippen LogP contribution in [0.4, 0.5) is 0 Å². The Morgan fingerprint density at radius 3 is 2.50 bits per heavy atom. The Labute approximate surface area is 134 Å². The number of aryl methyl sites for hydroxylation is 1. The van der Waals surface area contributed by atoms with Gasteiger partial charge in [-0.05, 0) is 39.7 Å². The van der Waals surface area contributed by atoms with E-state index in [9.17, 15) is 4.79 Å². The predicted octanol–water partition coefficient (Wildman–Crippen LogP) is 2.58. The lowest BCUT2D eigenvalue weighted by atomic mass is 10.1. The van der Waals surface area contributed by atoms with Crippen molar-refractivity contribution in [1.82, 2.24) is 19.6 Å². The lowest BCUT2D eigenvalue weighted by Gasteiger charge is -2.42. The quantitative estimate of drug-likeness (QED) is 0.858. The summed E-state index contributed by atoms with van der Waals surface area (Å²) < 4.78 is 1.84. The molecule has 0 aliphatic carbocycles. The molecule has 1 fully saturated rings. The van der Waals surface area contributed by atoms with Gasteiger partial charge in [-0.1, -0.05) is 13.8 Å². The molecule has 22 heavy (non-hydrogen) atoms. The number of rotatable bonds is 4. The fourth-order valence-corrected chi connectivity index (χ4v) is 3.22. The molecule has 124 valence electrons. The summed E-state index contributed by atoms with van der Waals surface area (Å²) in [5.74, 6) is 0.465. The molecule has 1 saturated heterocycles. The van der Waals surface area contributed by atoms with Crippen LogP contribution in [0.1, 0.15) is 63.6 Å². The minimum Gasteiger partial charge on any atom is -0.334 e. The van der Waals surface area contributed by atoms with Gasteiger partial charge in [0.1, 0.15) is 5.69 Å². The van der Waals surface area contributed by atoms with E-state index in [1.54, 1.807) is 0 Å². The van der Waals surface area contributed by atoms with Gasteiger partial charge in [0.15, 0.2) is 0 Å². The van der Waals surface area contributed by atoms with Crippen LogP contribution >= 0.6 is 0 Å². The van der Waals surface area contributed by atoms with Crippen molar-refractivity contribution in [3.05, 3.63) is 17.5 Å². The van der Waals surface area contributed by atoms with Gasteiger partial charge in [-0.25, -0.2) is 0 Å². The zero-order chi connectivity index (χ0) is 16.4. The van der Waals surface area contributed by atoms with E-state index in [1.807, 2.05) is 22.6 Å². The van der Waals surface area contributed by atoms with Crippen molar-refractivity contribution < 1.29 is 4.79 Å². The van der Waals surface area contributed by atoms with Gasteiger partial charge in [-0.15, -0.1) is 0 Å².